The molecule has 0 atom stereocenters. The monoisotopic (exact) mass is 219 g/mol. The Bertz CT molecular complexity index is 396. The van der Waals surface area contributed by atoms with Gasteiger partial charge in [-0.2, -0.15) is 0 Å². The van der Waals surface area contributed by atoms with Gasteiger partial charge in [-0.05, 0) is 45.9 Å². The summed E-state index contributed by atoms with van der Waals surface area (Å²) >= 11 is 0. The van der Waals surface area contributed by atoms with E-state index in [1.807, 2.05) is 6.07 Å². The molecule has 0 aliphatic carbocycles. The first-order chi connectivity index (χ1) is 7.39. The second kappa shape index (κ2) is 3.58. The Balaban J connectivity index is 2.47. The Hall–Kier alpha value is -1.38. The van der Waals surface area contributed by atoms with Gasteiger partial charge in [0.1, 0.15) is 0 Å². The Morgan fingerprint density at radius 3 is 2.69 bits per heavy atom. The Morgan fingerprint density at radius 1 is 1.38 bits per heavy atom. The molecule has 1 aromatic rings. The van der Waals surface area contributed by atoms with Crippen molar-refractivity contribution < 1.29 is 0 Å². The molecule has 3 N–H and O–H groups in total. The van der Waals surface area contributed by atoms with E-state index < -0.39 is 0 Å². The maximum atomic E-state index is 5.86. The number of nitrogens with two attached hydrogens (primary N) is 1. The molecule has 0 amide bonds. The van der Waals surface area contributed by atoms with E-state index in [0.29, 0.717) is 6.04 Å². The summed E-state index contributed by atoms with van der Waals surface area (Å²) < 4.78 is 0. The zero-order chi connectivity index (χ0) is 11.9. The molecule has 16 heavy (non-hydrogen) atoms. The quantitative estimate of drug-likeness (QED) is 0.713. The highest BCUT2D eigenvalue weighted by atomic mass is 15.2. The minimum absolute atomic E-state index is 0.105. The number of nitrogens with one attached hydrogen (secondary N) is 1. The van der Waals surface area contributed by atoms with Crippen LogP contribution in [0.25, 0.3) is 0 Å². The fourth-order valence-electron chi connectivity index (χ4n) is 2.27. The molecule has 3 nitrogen and oxygen atoms in total. The van der Waals surface area contributed by atoms with Crippen LogP contribution in [0.2, 0.25) is 0 Å². The summed E-state index contributed by atoms with van der Waals surface area (Å²) in [7, 11) is 0. The van der Waals surface area contributed by atoms with Gasteiger partial charge in [0, 0.05) is 23.8 Å². The van der Waals surface area contributed by atoms with E-state index in [9.17, 15) is 0 Å². The number of hydrogen-bond acceptors (Lipinski definition) is 3. The van der Waals surface area contributed by atoms with Gasteiger partial charge in [0.15, 0.2) is 0 Å². The largest absolute Gasteiger partial charge is 0.399 e. The molecule has 0 bridgehead atoms. The fourth-order valence-corrected chi connectivity index (χ4v) is 2.27. The molecule has 1 aliphatic rings. The highest BCUT2D eigenvalue weighted by molar-refractivity contribution is 5.77. The summed E-state index contributed by atoms with van der Waals surface area (Å²) in [5, 5.41) is 3.55. The number of anilines is 3. The van der Waals surface area contributed by atoms with E-state index in [1.165, 1.54) is 11.4 Å². The lowest BCUT2D eigenvalue weighted by molar-refractivity contribution is 0.507. The van der Waals surface area contributed by atoms with Crippen LogP contribution in [0.1, 0.15) is 27.7 Å². The van der Waals surface area contributed by atoms with Crippen molar-refractivity contribution in [1.82, 2.24) is 0 Å². The third-order valence-electron chi connectivity index (χ3n) is 2.99. The number of hydrogen-bond donors (Lipinski definition) is 2. The zero-order valence-electron chi connectivity index (χ0n) is 10.5. The summed E-state index contributed by atoms with van der Waals surface area (Å²) in [6.07, 6.45) is 0. The molecule has 0 saturated heterocycles. The molecule has 0 aromatic heterocycles. The molecule has 0 unspecified atom stereocenters. The SMILES string of the molecule is CC(C)N1CC(C)(C)Nc2ccc(N)cc21. The van der Waals surface area contributed by atoms with E-state index in [1.54, 1.807) is 0 Å². The van der Waals surface area contributed by atoms with E-state index in [4.69, 9.17) is 5.73 Å². The Morgan fingerprint density at radius 2 is 2.06 bits per heavy atom. The highest BCUT2D eigenvalue weighted by Crippen LogP contribution is 2.36. The van der Waals surface area contributed by atoms with Crippen molar-refractivity contribution in [3.05, 3.63) is 18.2 Å². The molecule has 0 fully saturated rings. The van der Waals surface area contributed by atoms with E-state index in [2.05, 4.69) is 50.0 Å². The second-order valence-electron chi connectivity index (χ2n) is 5.51. The van der Waals surface area contributed by atoms with Crippen molar-refractivity contribution in [3.63, 3.8) is 0 Å². The number of nitrogens with zero attached hydrogens (tertiary/aromatic N) is 1. The minimum atomic E-state index is 0.105. The number of fused-ring (bicyclic) bond motifs is 1. The van der Waals surface area contributed by atoms with Crippen LogP contribution >= 0.6 is 0 Å². The maximum absolute atomic E-state index is 5.86. The third kappa shape index (κ3) is 1.94. The molecule has 0 spiro atoms. The summed E-state index contributed by atoms with van der Waals surface area (Å²) in [5.74, 6) is 0. The lowest BCUT2D eigenvalue weighted by Gasteiger charge is -2.44. The van der Waals surface area contributed by atoms with Gasteiger partial charge in [-0.25, -0.2) is 0 Å². The molecule has 88 valence electrons. The lowest BCUT2D eigenvalue weighted by Crippen LogP contribution is -2.50. The predicted octanol–water partition coefficient (Wildman–Crippen LogP) is 2.69. The van der Waals surface area contributed by atoms with Gasteiger partial charge in [0.2, 0.25) is 0 Å². The molecule has 1 aromatic carbocycles. The first-order valence-electron chi connectivity index (χ1n) is 5.83. The Kier molecular flexibility index (Phi) is 2.49. The van der Waals surface area contributed by atoms with Gasteiger partial charge < -0.3 is 16.0 Å². The van der Waals surface area contributed by atoms with Gasteiger partial charge in [-0.3, -0.25) is 0 Å². The van der Waals surface area contributed by atoms with Crippen molar-refractivity contribution in [2.45, 2.75) is 39.3 Å². The van der Waals surface area contributed by atoms with Gasteiger partial charge in [-0.1, -0.05) is 0 Å². The predicted molar refractivity (Wildman–Crippen MR) is 71.0 cm³/mol. The lowest BCUT2D eigenvalue weighted by atomic mass is 9.98. The Labute approximate surface area is 97.6 Å². The van der Waals surface area contributed by atoms with Crippen molar-refractivity contribution >= 4 is 17.1 Å². The minimum Gasteiger partial charge on any atom is -0.399 e. The van der Waals surface area contributed by atoms with Gasteiger partial charge >= 0.3 is 0 Å². The smallest absolute Gasteiger partial charge is 0.0625 e. The van der Waals surface area contributed by atoms with Gasteiger partial charge in [-0.15, -0.1) is 0 Å². The molecular weight excluding hydrogens is 198 g/mol. The van der Waals surface area contributed by atoms with E-state index >= 15 is 0 Å². The summed E-state index contributed by atoms with van der Waals surface area (Å²) in [4.78, 5) is 2.40. The van der Waals surface area contributed by atoms with Crippen LogP contribution in [0.3, 0.4) is 0 Å². The van der Waals surface area contributed by atoms with Crippen LogP contribution in [0.5, 0.6) is 0 Å². The van der Waals surface area contributed by atoms with Crippen molar-refractivity contribution in [1.29, 1.82) is 0 Å². The number of benzene rings is 1. The second-order valence-corrected chi connectivity index (χ2v) is 5.51. The first kappa shape index (κ1) is 11.1. The average molecular weight is 219 g/mol. The molecular formula is C13H21N3. The molecule has 2 rings (SSSR count). The van der Waals surface area contributed by atoms with Crippen LogP contribution in [0.4, 0.5) is 17.1 Å². The highest BCUT2D eigenvalue weighted by Gasteiger charge is 2.30. The molecule has 0 saturated carbocycles. The normalized spacial score (nSPS) is 18.2. The van der Waals surface area contributed by atoms with Crippen molar-refractivity contribution in [3.8, 4) is 0 Å². The van der Waals surface area contributed by atoms with Crippen LogP contribution in [-0.4, -0.2) is 18.1 Å². The molecule has 0 radical (unpaired) electrons. The van der Waals surface area contributed by atoms with Crippen LogP contribution in [0.15, 0.2) is 18.2 Å². The van der Waals surface area contributed by atoms with Crippen LogP contribution < -0.4 is 16.0 Å². The average Bonchev–Trinajstić information content (AvgIpc) is 2.16. The van der Waals surface area contributed by atoms with Gasteiger partial charge in [0.25, 0.3) is 0 Å². The molecule has 3 heteroatoms. The van der Waals surface area contributed by atoms with E-state index in [0.717, 1.165) is 12.2 Å². The summed E-state index contributed by atoms with van der Waals surface area (Å²) in [5.41, 5.74) is 9.18. The maximum Gasteiger partial charge on any atom is 0.0625 e. The zero-order valence-corrected chi connectivity index (χ0v) is 10.5. The topological polar surface area (TPSA) is 41.3 Å². The van der Waals surface area contributed by atoms with Crippen molar-refractivity contribution in [2.24, 2.45) is 0 Å². The summed E-state index contributed by atoms with van der Waals surface area (Å²) in [6, 6.07) is 6.56. The standard InChI is InChI=1S/C13H21N3/c1-9(2)16-8-13(3,4)15-11-6-5-10(14)7-12(11)16/h5-7,9,15H,8,14H2,1-4H3. The van der Waals surface area contributed by atoms with Crippen LogP contribution in [0, 0.1) is 0 Å². The molecule has 1 heterocycles. The van der Waals surface area contributed by atoms with Crippen molar-refractivity contribution in [2.75, 3.05) is 22.5 Å². The first-order valence-corrected chi connectivity index (χ1v) is 5.83. The van der Waals surface area contributed by atoms with Gasteiger partial charge in [0.05, 0.1) is 11.4 Å². The third-order valence-corrected chi connectivity index (χ3v) is 2.99. The van der Waals surface area contributed by atoms with Crippen LogP contribution in [-0.2, 0) is 0 Å². The summed E-state index contributed by atoms with van der Waals surface area (Å²) in [6.45, 7) is 9.88. The number of nitrogen functional groups attached to an aromatic ring is 1. The van der Waals surface area contributed by atoms with E-state index in [-0.39, 0.29) is 5.54 Å². The fraction of sp³-hybridized carbons (Fsp3) is 0.538. The number of rotatable bonds is 1. The molecule has 1 aliphatic heterocycles.